The van der Waals surface area contributed by atoms with Crippen LogP contribution < -0.4 is 10.0 Å². The first-order chi connectivity index (χ1) is 11.5. The van der Waals surface area contributed by atoms with Crippen LogP contribution in [0.1, 0.15) is 57.0 Å². The highest BCUT2D eigenvalue weighted by Gasteiger charge is 2.37. The summed E-state index contributed by atoms with van der Waals surface area (Å²) in [6, 6.07) is 3.88. The van der Waals surface area contributed by atoms with Gasteiger partial charge in [-0.1, -0.05) is 0 Å². The first-order valence-electron chi connectivity index (χ1n) is 8.72. The highest BCUT2D eigenvalue weighted by Crippen LogP contribution is 2.30. The van der Waals surface area contributed by atoms with Crippen LogP contribution >= 0.6 is 12.4 Å². The Kier molecular flexibility index (Phi) is 6.12. The molecule has 2 bridgehead atoms. The highest BCUT2D eigenvalue weighted by atomic mass is 35.5. The van der Waals surface area contributed by atoms with Gasteiger partial charge in [0.1, 0.15) is 0 Å². The number of hydrogen-bond acceptors (Lipinski definition) is 5. The van der Waals surface area contributed by atoms with Crippen LogP contribution in [-0.2, 0) is 10.0 Å². The third kappa shape index (κ3) is 4.60. The summed E-state index contributed by atoms with van der Waals surface area (Å²) in [4.78, 5) is 14.4. The van der Waals surface area contributed by atoms with Gasteiger partial charge in [0, 0.05) is 30.7 Å². The molecular weight excluding hydrogens is 378 g/mol. The van der Waals surface area contributed by atoms with E-state index in [1.807, 2.05) is 0 Å². The summed E-state index contributed by atoms with van der Waals surface area (Å²) in [7, 11) is -2.02. The topological polar surface area (TPSA) is 91.7 Å². The average Bonchev–Trinajstić information content (AvgIpc) is 3.10. The van der Waals surface area contributed by atoms with Gasteiger partial charge in [-0.15, -0.1) is 12.4 Å². The van der Waals surface area contributed by atoms with Crippen LogP contribution in [0.3, 0.4) is 0 Å². The summed E-state index contributed by atoms with van der Waals surface area (Å²) in [5, 5.41) is 3.32. The van der Waals surface area contributed by atoms with Gasteiger partial charge in [-0.25, -0.2) is 13.1 Å². The molecule has 0 spiro atoms. The molecule has 1 amide bonds. The molecule has 7 nitrogen and oxygen atoms in total. The number of sulfonamides is 1. The second-order valence-corrected chi connectivity index (χ2v) is 9.77. The second kappa shape index (κ2) is 7.50. The Morgan fingerprint density at radius 2 is 1.81 bits per heavy atom. The summed E-state index contributed by atoms with van der Waals surface area (Å²) in [6.07, 6.45) is 4.17. The predicted octanol–water partition coefficient (Wildman–Crippen LogP) is 2.13. The van der Waals surface area contributed by atoms with Gasteiger partial charge < -0.3 is 14.6 Å². The molecule has 2 unspecified atom stereocenters. The Morgan fingerprint density at radius 1 is 1.23 bits per heavy atom. The molecule has 3 rings (SSSR count). The lowest BCUT2D eigenvalue weighted by atomic mass is 9.98. The monoisotopic (exact) mass is 405 g/mol. The molecule has 2 saturated heterocycles. The lowest BCUT2D eigenvalue weighted by Gasteiger charge is -2.35. The zero-order valence-corrected chi connectivity index (χ0v) is 17.2. The molecule has 2 fully saturated rings. The van der Waals surface area contributed by atoms with Crippen molar-refractivity contribution in [3.63, 3.8) is 0 Å². The Morgan fingerprint density at radius 3 is 2.35 bits per heavy atom. The molecule has 2 N–H and O–H groups in total. The lowest BCUT2D eigenvalue weighted by molar-refractivity contribution is 0.0644. The molecule has 0 radical (unpaired) electrons. The van der Waals surface area contributed by atoms with E-state index in [1.165, 1.54) is 12.1 Å². The van der Waals surface area contributed by atoms with Gasteiger partial charge in [0.15, 0.2) is 5.76 Å². The van der Waals surface area contributed by atoms with E-state index in [4.69, 9.17) is 4.42 Å². The largest absolute Gasteiger partial charge is 0.438 e. The van der Waals surface area contributed by atoms with E-state index in [-0.39, 0.29) is 35.2 Å². The Balaban J connectivity index is 0.00000243. The van der Waals surface area contributed by atoms with Crippen LogP contribution in [0.25, 0.3) is 0 Å². The predicted molar refractivity (Wildman–Crippen MR) is 101 cm³/mol. The molecule has 0 saturated carbocycles. The first kappa shape index (κ1) is 21.2. The molecule has 26 heavy (non-hydrogen) atoms. The maximum Gasteiger partial charge on any atom is 0.289 e. The minimum atomic E-state index is -3.79. The minimum absolute atomic E-state index is 0. The van der Waals surface area contributed by atoms with Crippen molar-refractivity contribution in [2.75, 3.05) is 7.05 Å². The zero-order valence-electron chi connectivity index (χ0n) is 15.6. The lowest BCUT2D eigenvalue weighted by Crippen LogP contribution is -2.48. The van der Waals surface area contributed by atoms with Gasteiger partial charge >= 0.3 is 0 Å². The molecule has 0 aromatic carbocycles. The Bertz CT molecular complexity index is 744. The van der Waals surface area contributed by atoms with Gasteiger partial charge in [-0.2, -0.15) is 0 Å². The van der Waals surface area contributed by atoms with Crippen LogP contribution in [0.2, 0.25) is 0 Å². The minimum Gasteiger partial charge on any atom is -0.438 e. The summed E-state index contributed by atoms with van der Waals surface area (Å²) in [5.41, 5.74) is -0.624. The number of piperidine rings is 1. The van der Waals surface area contributed by atoms with Crippen molar-refractivity contribution in [3.05, 3.63) is 17.9 Å². The number of hydrogen-bond donors (Lipinski definition) is 2. The third-order valence-corrected chi connectivity index (χ3v) is 6.44. The maximum absolute atomic E-state index is 12.7. The van der Waals surface area contributed by atoms with E-state index in [0.29, 0.717) is 12.1 Å². The van der Waals surface area contributed by atoms with Gasteiger partial charge in [-0.3, -0.25) is 4.79 Å². The second-order valence-electron chi connectivity index (χ2n) is 8.15. The molecule has 2 atom stereocenters. The molecule has 148 valence electrons. The van der Waals surface area contributed by atoms with Crippen molar-refractivity contribution in [2.45, 2.75) is 75.2 Å². The van der Waals surface area contributed by atoms with Crippen molar-refractivity contribution in [1.82, 2.24) is 14.9 Å². The Labute approximate surface area is 161 Å². The summed E-state index contributed by atoms with van der Waals surface area (Å²) < 4.78 is 32.5. The molecule has 9 heteroatoms. The third-order valence-electron chi connectivity index (χ3n) is 4.81. The van der Waals surface area contributed by atoms with E-state index in [0.717, 1.165) is 25.7 Å². The van der Waals surface area contributed by atoms with E-state index in [9.17, 15) is 13.2 Å². The van der Waals surface area contributed by atoms with Gasteiger partial charge in [0.25, 0.3) is 15.9 Å². The van der Waals surface area contributed by atoms with Crippen molar-refractivity contribution < 1.29 is 17.6 Å². The number of carbonyl (C=O) groups is 1. The number of nitrogens with zero attached hydrogens (tertiary/aromatic N) is 1. The fourth-order valence-electron chi connectivity index (χ4n) is 3.72. The van der Waals surface area contributed by atoms with Crippen molar-refractivity contribution in [3.8, 4) is 0 Å². The van der Waals surface area contributed by atoms with Crippen LogP contribution in [0.15, 0.2) is 21.6 Å². The van der Waals surface area contributed by atoms with E-state index in [1.54, 1.807) is 32.7 Å². The number of furan rings is 1. The smallest absolute Gasteiger partial charge is 0.289 e. The van der Waals surface area contributed by atoms with E-state index >= 15 is 0 Å². The summed E-state index contributed by atoms with van der Waals surface area (Å²) >= 11 is 0. The number of rotatable bonds is 4. The number of fused-ring (bicyclic) bond motifs is 2. The number of amides is 1. The normalized spacial score (nSPS) is 25.6. The summed E-state index contributed by atoms with van der Waals surface area (Å²) in [5.74, 6) is -0.217. The molecular formula is C17H28ClN3O4S. The number of halogens is 1. The SMILES string of the molecule is CN(C(=O)c1ccc(S(=O)(=O)NC(C)(C)C)o1)C1CC2CCC(C1)N2.Cl. The first-order valence-corrected chi connectivity index (χ1v) is 10.2. The quantitative estimate of drug-likeness (QED) is 0.800. The van der Waals surface area contributed by atoms with E-state index < -0.39 is 15.6 Å². The van der Waals surface area contributed by atoms with Crippen LogP contribution in [0, 0.1) is 0 Å². The van der Waals surface area contributed by atoms with Gasteiger partial charge in [0.05, 0.1) is 0 Å². The zero-order chi connectivity index (χ0) is 18.4. The standard InChI is InChI=1S/C17H27N3O4S.ClH/c1-17(2,3)19-25(22,23)15-8-7-14(24-15)16(21)20(4)13-9-11-5-6-12(10-13)18-11;/h7-8,11-13,18-19H,5-6,9-10H2,1-4H3;1H. The fraction of sp³-hybridized carbons (Fsp3) is 0.706. The van der Waals surface area contributed by atoms with Crippen LogP contribution in [0.5, 0.6) is 0 Å². The molecule has 2 aliphatic heterocycles. The van der Waals surface area contributed by atoms with Crippen molar-refractivity contribution in [1.29, 1.82) is 0 Å². The Hall–Kier alpha value is -1.09. The van der Waals surface area contributed by atoms with Crippen LogP contribution in [0.4, 0.5) is 0 Å². The molecule has 0 aliphatic carbocycles. The molecule has 1 aromatic rings. The molecule has 1 aromatic heterocycles. The van der Waals surface area contributed by atoms with Crippen molar-refractivity contribution >= 4 is 28.3 Å². The highest BCUT2D eigenvalue weighted by molar-refractivity contribution is 7.89. The molecule has 3 heterocycles. The van der Waals surface area contributed by atoms with Crippen molar-refractivity contribution in [2.24, 2.45) is 0 Å². The number of nitrogens with one attached hydrogen (secondary N) is 2. The van der Waals surface area contributed by atoms with Gasteiger partial charge in [-0.05, 0) is 58.6 Å². The maximum atomic E-state index is 12.7. The molecule has 2 aliphatic rings. The fourth-order valence-corrected chi connectivity index (χ4v) is 5.07. The van der Waals surface area contributed by atoms with E-state index in [2.05, 4.69) is 10.0 Å². The average molecular weight is 406 g/mol. The number of carbonyl (C=O) groups excluding carboxylic acids is 1. The van der Waals surface area contributed by atoms with Gasteiger partial charge in [0.2, 0.25) is 5.09 Å². The summed E-state index contributed by atoms with van der Waals surface area (Å²) in [6.45, 7) is 5.25. The van der Waals surface area contributed by atoms with Crippen LogP contribution in [-0.4, -0.2) is 49.9 Å².